The highest BCUT2D eigenvalue weighted by Gasteiger charge is 2.46. The van der Waals surface area contributed by atoms with Crippen LogP contribution in [-0.4, -0.2) is 21.8 Å². The molecule has 0 atom stereocenters. The van der Waals surface area contributed by atoms with Crippen LogP contribution in [0.5, 0.6) is 11.6 Å². The first-order valence-corrected chi connectivity index (χ1v) is 12.1. The molecule has 0 bridgehead atoms. The standard InChI is InChI=1S/C25H16ClF2N5O3S/c1-12(34)30-24-32-17-5-6-20(33-23(17)37-24)36-19-10-18(15(27)9-16(19)28)31-22(35)13-3-2-4-14(21(13)26)25(11-29)7-8-25/h2-6,9-10H,7-8H2,1H3,(H,31,35)(H,30,32,34). The molecule has 2 aromatic carbocycles. The maximum atomic E-state index is 14.6. The highest BCUT2D eigenvalue weighted by Crippen LogP contribution is 2.50. The van der Waals surface area contributed by atoms with E-state index in [4.69, 9.17) is 16.3 Å². The predicted octanol–water partition coefficient (Wildman–Crippen LogP) is 6.18. The lowest BCUT2D eigenvalue weighted by atomic mass is 9.95. The van der Waals surface area contributed by atoms with Gasteiger partial charge in [0.15, 0.2) is 16.7 Å². The Morgan fingerprint density at radius 1 is 1.14 bits per heavy atom. The van der Waals surface area contributed by atoms with E-state index >= 15 is 0 Å². The second-order valence-corrected chi connectivity index (χ2v) is 9.71. The molecule has 0 spiro atoms. The number of halogens is 3. The van der Waals surface area contributed by atoms with Crippen molar-refractivity contribution in [2.45, 2.75) is 25.2 Å². The molecule has 1 aliphatic carbocycles. The maximum Gasteiger partial charge on any atom is 0.257 e. The molecule has 0 saturated heterocycles. The number of rotatable bonds is 6. The van der Waals surface area contributed by atoms with E-state index < -0.39 is 23.0 Å². The fourth-order valence-electron chi connectivity index (χ4n) is 3.71. The number of hydrogen-bond donors (Lipinski definition) is 2. The van der Waals surface area contributed by atoms with Crippen molar-refractivity contribution in [1.29, 1.82) is 5.26 Å². The van der Waals surface area contributed by atoms with E-state index in [1.165, 1.54) is 19.1 Å². The molecule has 5 rings (SSSR count). The van der Waals surface area contributed by atoms with Crippen LogP contribution in [0.25, 0.3) is 10.3 Å². The van der Waals surface area contributed by atoms with Crippen molar-refractivity contribution in [2.75, 3.05) is 10.6 Å². The molecule has 2 N–H and O–H groups in total. The summed E-state index contributed by atoms with van der Waals surface area (Å²) >= 11 is 7.53. The minimum atomic E-state index is -1.02. The number of thiazole rings is 1. The summed E-state index contributed by atoms with van der Waals surface area (Å²) in [5.41, 5.74) is 0.0384. The molecule has 4 aromatic rings. The molecule has 2 amide bonds. The van der Waals surface area contributed by atoms with Crippen molar-refractivity contribution in [3.05, 3.63) is 70.2 Å². The minimum absolute atomic E-state index is 0.00436. The molecule has 0 unspecified atom stereocenters. The topological polar surface area (TPSA) is 117 Å². The number of ether oxygens (including phenoxy) is 1. The lowest BCUT2D eigenvalue weighted by Gasteiger charge is -2.14. The molecule has 186 valence electrons. The number of nitrogens with one attached hydrogen (secondary N) is 2. The summed E-state index contributed by atoms with van der Waals surface area (Å²) in [6.07, 6.45) is 1.27. The van der Waals surface area contributed by atoms with Gasteiger partial charge in [-0.1, -0.05) is 35.1 Å². The number of aromatic nitrogens is 2. The molecule has 1 saturated carbocycles. The van der Waals surface area contributed by atoms with Gasteiger partial charge in [0.05, 0.1) is 27.8 Å². The predicted molar refractivity (Wildman–Crippen MR) is 134 cm³/mol. The molecular weight excluding hydrogens is 524 g/mol. The van der Waals surface area contributed by atoms with Crippen LogP contribution in [0, 0.1) is 23.0 Å². The van der Waals surface area contributed by atoms with Gasteiger partial charge in [0, 0.05) is 25.1 Å². The number of nitrogens with zero attached hydrogens (tertiary/aromatic N) is 3. The van der Waals surface area contributed by atoms with Crippen LogP contribution in [0.2, 0.25) is 5.02 Å². The van der Waals surface area contributed by atoms with Crippen LogP contribution in [0.4, 0.5) is 19.6 Å². The fraction of sp³-hybridized carbons (Fsp3) is 0.160. The van der Waals surface area contributed by atoms with E-state index in [9.17, 15) is 23.6 Å². The first kappa shape index (κ1) is 24.5. The Labute approximate surface area is 217 Å². The van der Waals surface area contributed by atoms with Crippen molar-refractivity contribution in [2.24, 2.45) is 0 Å². The Balaban J connectivity index is 1.40. The molecule has 2 heterocycles. The van der Waals surface area contributed by atoms with Crippen molar-refractivity contribution in [3.8, 4) is 17.7 Å². The van der Waals surface area contributed by atoms with Gasteiger partial charge in [-0.3, -0.25) is 9.59 Å². The lowest BCUT2D eigenvalue weighted by Crippen LogP contribution is -2.16. The number of amides is 2. The molecule has 0 aliphatic heterocycles. The average molecular weight is 540 g/mol. The molecule has 2 aromatic heterocycles. The van der Waals surface area contributed by atoms with E-state index in [1.807, 2.05) is 0 Å². The van der Waals surface area contributed by atoms with Gasteiger partial charge in [0.1, 0.15) is 16.2 Å². The smallest absolute Gasteiger partial charge is 0.257 e. The molecular formula is C25H16ClF2N5O3S. The Bertz CT molecular complexity index is 1630. The summed E-state index contributed by atoms with van der Waals surface area (Å²) in [4.78, 5) is 33.1. The summed E-state index contributed by atoms with van der Waals surface area (Å²) in [6.45, 7) is 1.35. The minimum Gasteiger partial charge on any atom is -0.436 e. The zero-order valence-electron chi connectivity index (χ0n) is 19.1. The molecule has 12 heteroatoms. The summed E-state index contributed by atoms with van der Waals surface area (Å²) in [5.74, 6) is -3.43. The van der Waals surface area contributed by atoms with Crippen LogP contribution >= 0.6 is 22.9 Å². The van der Waals surface area contributed by atoms with Crippen LogP contribution in [0.1, 0.15) is 35.7 Å². The van der Waals surface area contributed by atoms with Crippen LogP contribution in [0.15, 0.2) is 42.5 Å². The Kier molecular flexibility index (Phi) is 6.23. The Morgan fingerprint density at radius 2 is 1.92 bits per heavy atom. The average Bonchev–Trinajstić information content (AvgIpc) is 3.55. The van der Waals surface area contributed by atoms with Gasteiger partial charge in [-0.25, -0.2) is 18.7 Å². The molecule has 1 aliphatic rings. The number of hydrogen-bond acceptors (Lipinski definition) is 7. The van der Waals surface area contributed by atoms with Crippen LogP contribution in [-0.2, 0) is 10.2 Å². The van der Waals surface area contributed by atoms with Gasteiger partial charge in [0.2, 0.25) is 11.8 Å². The number of benzene rings is 2. The van der Waals surface area contributed by atoms with Crippen molar-refractivity contribution in [3.63, 3.8) is 0 Å². The summed E-state index contributed by atoms with van der Waals surface area (Å²) < 4.78 is 34.6. The number of carbonyl (C=O) groups excluding carboxylic acids is 2. The summed E-state index contributed by atoms with van der Waals surface area (Å²) in [5, 5.41) is 14.9. The fourth-order valence-corrected chi connectivity index (χ4v) is 4.98. The van der Waals surface area contributed by atoms with Crippen LogP contribution < -0.4 is 15.4 Å². The normalized spacial score (nSPS) is 13.6. The number of pyridine rings is 1. The monoisotopic (exact) mass is 539 g/mol. The zero-order valence-corrected chi connectivity index (χ0v) is 20.6. The van der Waals surface area contributed by atoms with Gasteiger partial charge >= 0.3 is 0 Å². The maximum absolute atomic E-state index is 14.6. The lowest BCUT2D eigenvalue weighted by molar-refractivity contribution is -0.114. The van der Waals surface area contributed by atoms with Gasteiger partial charge in [-0.2, -0.15) is 5.26 Å². The van der Waals surface area contributed by atoms with Crippen LogP contribution in [0.3, 0.4) is 0 Å². The Hall–Kier alpha value is -4.14. The largest absolute Gasteiger partial charge is 0.436 e. The highest BCUT2D eigenvalue weighted by molar-refractivity contribution is 7.21. The molecule has 8 nitrogen and oxygen atoms in total. The number of carbonyl (C=O) groups is 2. The third kappa shape index (κ3) is 4.81. The van der Waals surface area contributed by atoms with Gasteiger partial charge in [-0.15, -0.1) is 0 Å². The third-order valence-electron chi connectivity index (χ3n) is 5.72. The van der Waals surface area contributed by atoms with Gasteiger partial charge < -0.3 is 15.4 Å². The second-order valence-electron chi connectivity index (χ2n) is 8.35. The quantitative estimate of drug-likeness (QED) is 0.302. The van der Waals surface area contributed by atoms with Crippen molar-refractivity contribution >= 4 is 55.9 Å². The van der Waals surface area contributed by atoms with E-state index in [1.54, 1.807) is 18.2 Å². The van der Waals surface area contributed by atoms with Crippen molar-refractivity contribution in [1.82, 2.24) is 9.97 Å². The van der Waals surface area contributed by atoms with Gasteiger partial charge in [0.25, 0.3) is 5.91 Å². The van der Waals surface area contributed by atoms with E-state index in [-0.39, 0.29) is 33.8 Å². The highest BCUT2D eigenvalue weighted by atomic mass is 35.5. The zero-order chi connectivity index (χ0) is 26.3. The third-order valence-corrected chi connectivity index (χ3v) is 7.01. The molecule has 0 radical (unpaired) electrons. The summed E-state index contributed by atoms with van der Waals surface area (Å²) in [6, 6.07) is 11.6. The Morgan fingerprint density at radius 3 is 2.62 bits per heavy atom. The van der Waals surface area contributed by atoms with E-state index in [0.29, 0.717) is 40.0 Å². The van der Waals surface area contributed by atoms with Crippen molar-refractivity contribution < 1.29 is 23.1 Å². The number of nitriles is 1. The van der Waals surface area contributed by atoms with E-state index in [2.05, 4.69) is 26.7 Å². The first-order valence-electron chi connectivity index (χ1n) is 10.9. The molecule has 1 fully saturated rings. The molecule has 37 heavy (non-hydrogen) atoms. The van der Waals surface area contributed by atoms with Gasteiger partial charge in [-0.05, 0) is 30.5 Å². The SMILES string of the molecule is CC(=O)Nc1nc2ccc(Oc3cc(NC(=O)c4cccc(C5(C#N)CC5)c4Cl)c(F)cc3F)nc2s1. The number of fused-ring (bicyclic) bond motifs is 1. The second kappa shape index (κ2) is 9.38. The van der Waals surface area contributed by atoms with E-state index in [0.717, 1.165) is 17.4 Å². The summed E-state index contributed by atoms with van der Waals surface area (Å²) in [7, 11) is 0. The number of anilines is 2. The first-order chi connectivity index (χ1) is 17.7.